The van der Waals surface area contributed by atoms with Crippen molar-refractivity contribution in [2.45, 2.75) is 24.1 Å². The maximum atomic E-state index is 12.2. The molecular formula is C18H17F3N2O3S. The van der Waals surface area contributed by atoms with Gasteiger partial charge < -0.3 is 15.8 Å². The van der Waals surface area contributed by atoms with Crippen LogP contribution in [0.4, 0.5) is 18.9 Å². The molecule has 0 aliphatic carbocycles. The highest BCUT2D eigenvalue weighted by molar-refractivity contribution is 7.99. The number of ether oxygens (including phenoxy) is 1. The van der Waals surface area contributed by atoms with Gasteiger partial charge in [0.15, 0.2) is 0 Å². The van der Waals surface area contributed by atoms with Crippen molar-refractivity contribution in [3.05, 3.63) is 54.1 Å². The van der Waals surface area contributed by atoms with Crippen molar-refractivity contribution in [1.29, 1.82) is 0 Å². The summed E-state index contributed by atoms with van der Waals surface area (Å²) in [5.41, 5.74) is 6.25. The third-order valence-electron chi connectivity index (χ3n) is 3.29. The number of hydrogen-bond donors (Lipinski definition) is 2. The zero-order valence-electron chi connectivity index (χ0n) is 14.1. The van der Waals surface area contributed by atoms with Gasteiger partial charge in [-0.2, -0.15) is 0 Å². The molecular weight excluding hydrogens is 381 g/mol. The van der Waals surface area contributed by atoms with Crippen LogP contribution >= 0.6 is 11.8 Å². The van der Waals surface area contributed by atoms with Crippen LogP contribution in [0, 0.1) is 0 Å². The maximum absolute atomic E-state index is 12.2. The number of carbonyl (C=O) groups excluding carboxylic acids is 2. The summed E-state index contributed by atoms with van der Waals surface area (Å²) >= 11 is 1.39. The Morgan fingerprint density at radius 2 is 1.74 bits per heavy atom. The standard InChI is InChI=1S/C18H17F3N2O3S/c19-18(20,21)26-13-7-5-12(6-8-13)11-17(25)23-14-3-1-2-4-15(14)27-10-9-16(22)24/h1-8H,9-11H2,(H2,22,24)(H,23,25). The molecule has 0 aromatic heterocycles. The molecule has 9 heteroatoms. The summed E-state index contributed by atoms with van der Waals surface area (Å²) in [6.45, 7) is 0. The van der Waals surface area contributed by atoms with Crippen molar-refractivity contribution in [2.75, 3.05) is 11.1 Å². The Hall–Kier alpha value is -2.68. The summed E-state index contributed by atoms with van der Waals surface area (Å²) in [4.78, 5) is 23.8. The number of nitrogens with two attached hydrogens (primary N) is 1. The zero-order chi connectivity index (χ0) is 19.9. The molecule has 144 valence electrons. The summed E-state index contributed by atoms with van der Waals surface area (Å²) in [6.07, 6.45) is -4.54. The molecule has 0 saturated carbocycles. The second kappa shape index (κ2) is 9.31. The third kappa shape index (κ3) is 7.61. The molecule has 0 bridgehead atoms. The van der Waals surface area contributed by atoms with Gasteiger partial charge in [0.05, 0.1) is 12.1 Å². The molecule has 0 aliphatic rings. The Morgan fingerprint density at radius 3 is 2.37 bits per heavy atom. The minimum Gasteiger partial charge on any atom is -0.406 e. The Labute approximate surface area is 158 Å². The van der Waals surface area contributed by atoms with Crippen LogP contribution in [0.5, 0.6) is 5.75 Å². The van der Waals surface area contributed by atoms with E-state index in [2.05, 4.69) is 10.1 Å². The van der Waals surface area contributed by atoms with Crippen molar-refractivity contribution in [3.8, 4) is 5.75 Å². The van der Waals surface area contributed by atoms with E-state index in [1.165, 1.54) is 23.9 Å². The number of halogens is 3. The van der Waals surface area contributed by atoms with E-state index in [0.717, 1.165) is 17.0 Å². The van der Waals surface area contributed by atoms with Crippen molar-refractivity contribution >= 4 is 29.3 Å². The fourth-order valence-electron chi connectivity index (χ4n) is 2.15. The topological polar surface area (TPSA) is 81.4 Å². The number of rotatable bonds is 8. The quantitative estimate of drug-likeness (QED) is 0.664. The summed E-state index contributed by atoms with van der Waals surface area (Å²) < 4.78 is 40.2. The van der Waals surface area contributed by atoms with E-state index in [9.17, 15) is 22.8 Å². The largest absolute Gasteiger partial charge is 0.573 e. The first kappa shape index (κ1) is 20.6. The lowest BCUT2D eigenvalue weighted by Crippen LogP contribution is -2.17. The molecule has 27 heavy (non-hydrogen) atoms. The van der Waals surface area contributed by atoms with Gasteiger partial charge in [-0.05, 0) is 29.8 Å². The first-order valence-corrected chi connectivity index (χ1v) is 8.86. The molecule has 0 saturated heterocycles. The smallest absolute Gasteiger partial charge is 0.406 e. The molecule has 0 aliphatic heterocycles. The second-order valence-electron chi connectivity index (χ2n) is 5.48. The van der Waals surface area contributed by atoms with Crippen LogP contribution < -0.4 is 15.8 Å². The van der Waals surface area contributed by atoms with E-state index in [4.69, 9.17) is 5.73 Å². The minimum absolute atomic E-state index is 0.00736. The average molecular weight is 398 g/mol. The van der Waals surface area contributed by atoms with Crippen molar-refractivity contribution in [2.24, 2.45) is 5.73 Å². The lowest BCUT2D eigenvalue weighted by Gasteiger charge is -2.11. The van der Waals surface area contributed by atoms with Gasteiger partial charge >= 0.3 is 6.36 Å². The van der Waals surface area contributed by atoms with E-state index < -0.39 is 12.3 Å². The van der Waals surface area contributed by atoms with Crippen molar-refractivity contribution in [1.82, 2.24) is 0 Å². The SMILES string of the molecule is NC(=O)CCSc1ccccc1NC(=O)Cc1ccc(OC(F)(F)F)cc1. The molecule has 3 N–H and O–H groups in total. The monoisotopic (exact) mass is 398 g/mol. The third-order valence-corrected chi connectivity index (χ3v) is 4.36. The number of carbonyl (C=O) groups is 2. The Balaban J connectivity index is 1.94. The van der Waals surface area contributed by atoms with Crippen LogP contribution in [0.2, 0.25) is 0 Å². The van der Waals surface area contributed by atoms with Crippen LogP contribution in [0.25, 0.3) is 0 Å². The number of alkyl halides is 3. The summed E-state index contributed by atoms with van der Waals surface area (Å²) in [7, 11) is 0. The van der Waals surface area contributed by atoms with E-state index in [1.807, 2.05) is 12.1 Å². The molecule has 2 aromatic rings. The molecule has 2 amide bonds. The predicted octanol–water partition coefficient (Wildman–Crippen LogP) is 3.73. The highest BCUT2D eigenvalue weighted by atomic mass is 32.2. The highest BCUT2D eigenvalue weighted by Gasteiger charge is 2.30. The van der Waals surface area contributed by atoms with E-state index in [1.54, 1.807) is 12.1 Å². The van der Waals surface area contributed by atoms with Crippen LogP contribution in [-0.2, 0) is 16.0 Å². The molecule has 0 atom stereocenters. The van der Waals surface area contributed by atoms with Gasteiger partial charge in [0.25, 0.3) is 0 Å². The van der Waals surface area contributed by atoms with Crippen LogP contribution in [0.15, 0.2) is 53.4 Å². The Bertz CT molecular complexity index is 795. The van der Waals surface area contributed by atoms with Gasteiger partial charge in [-0.1, -0.05) is 24.3 Å². The molecule has 0 fully saturated rings. The molecule has 2 rings (SSSR count). The number of amides is 2. The number of para-hydroxylation sites is 1. The first-order chi connectivity index (χ1) is 12.7. The highest BCUT2D eigenvalue weighted by Crippen LogP contribution is 2.28. The fraction of sp³-hybridized carbons (Fsp3) is 0.222. The maximum Gasteiger partial charge on any atom is 0.573 e. The summed E-state index contributed by atoms with van der Waals surface area (Å²) in [5.74, 6) is -0.574. The Morgan fingerprint density at radius 1 is 1.07 bits per heavy atom. The zero-order valence-corrected chi connectivity index (χ0v) is 14.9. The van der Waals surface area contributed by atoms with Gasteiger partial charge in [0.1, 0.15) is 5.75 Å². The van der Waals surface area contributed by atoms with Crippen LogP contribution in [-0.4, -0.2) is 23.9 Å². The lowest BCUT2D eigenvalue weighted by atomic mass is 10.1. The molecule has 0 unspecified atom stereocenters. The molecule has 0 radical (unpaired) electrons. The number of hydrogen-bond acceptors (Lipinski definition) is 4. The number of primary amides is 1. The average Bonchev–Trinajstić information content (AvgIpc) is 2.56. The summed E-state index contributed by atoms with van der Waals surface area (Å²) in [6, 6.07) is 12.2. The van der Waals surface area contributed by atoms with Gasteiger partial charge in [-0.3, -0.25) is 9.59 Å². The predicted molar refractivity (Wildman–Crippen MR) is 96.4 cm³/mol. The molecule has 0 heterocycles. The first-order valence-electron chi connectivity index (χ1n) is 7.87. The second-order valence-corrected chi connectivity index (χ2v) is 6.61. The molecule has 5 nitrogen and oxygen atoms in total. The Kier molecular flexibility index (Phi) is 7.12. The van der Waals surface area contributed by atoms with E-state index in [0.29, 0.717) is 17.0 Å². The van der Waals surface area contributed by atoms with E-state index in [-0.39, 0.29) is 24.5 Å². The summed E-state index contributed by atoms with van der Waals surface area (Å²) in [5, 5.41) is 2.76. The van der Waals surface area contributed by atoms with Gasteiger partial charge in [-0.15, -0.1) is 24.9 Å². The van der Waals surface area contributed by atoms with Gasteiger partial charge in [0, 0.05) is 17.1 Å². The van der Waals surface area contributed by atoms with Gasteiger partial charge in [-0.25, -0.2) is 0 Å². The van der Waals surface area contributed by atoms with Crippen molar-refractivity contribution in [3.63, 3.8) is 0 Å². The molecule has 0 spiro atoms. The number of anilines is 1. The number of benzene rings is 2. The van der Waals surface area contributed by atoms with E-state index >= 15 is 0 Å². The minimum atomic E-state index is -4.76. The normalized spacial score (nSPS) is 11.1. The lowest BCUT2D eigenvalue weighted by molar-refractivity contribution is -0.274. The van der Waals surface area contributed by atoms with Crippen LogP contribution in [0.3, 0.4) is 0 Å². The van der Waals surface area contributed by atoms with Gasteiger partial charge in [0.2, 0.25) is 11.8 Å². The number of thioether (sulfide) groups is 1. The van der Waals surface area contributed by atoms with Crippen molar-refractivity contribution < 1.29 is 27.5 Å². The van der Waals surface area contributed by atoms with Crippen LogP contribution in [0.1, 0.15) is 12.0 Å². The fourth-order valence-corrected chi connectivity index (χ4v) is 3.12. The number of nitrogens with one attached hydrogen (secondary N) is 1. The molecule has 2 aromatic carbocycles.